The summed E-state index contributed by atoms with van der Waals surface area (Å²) < 4.78 is 44.6. The number of hydrogen-bond donors (Lipinski definition) is 0. The van der Waals surface area contributed by atoms with Gasteiger partial charge in [0.15, 0.2) is 0 Å². The first-order valence-electron chi connectivity index (χ1n) is 5.51. The molecule has 0 N–H and O–H groups in total. The average Bonchev–Trinajstić information content (AvgIpc) is 2.39. The van der Waals surface area contributed by atoms with Gasteiger partial charge in [0, 0.05) is 22.5 Å². The Bertz CT molecular complexity index is 587. The molecule has 0 saturated heterocycles. The fraction of sp³-hybridized carbons (Fsp3) is 0.143. The summed E-state index contributed by atoms with van der Waals surface area (Å²) in [5.74, 6) is -1.21. The van der Waals surface area contributed by atoms with Gasteiger partial charge in [-0.25, -0.2) is 13.2 Å². The molecule has 0 heterocycles. The molecule has 2 aromatic carbocycles. The van der Waals surface area contributed by atoms with E-state index in [9.17, 15) is 13.2 Å². The number of rotatable bonds is 4. The van der Waals surface area contributed by atoms with E-state index in [1.165, 1.54) is 24.3 Å². The molecule has 0 fully saturated rings. The molecule has 0 spiro atoms. The lowest BCUT2D eigenvalue weighted by molar-refractivity contribution is 0.297. The number of ether oxygens (including phenoxy) is 1. The molecule has 1 nitrogen and oxygen atoms in total. The van der Waals surface area contributed by atoms with E-state index >= 15 is 0 Å². The van der Waals surface area contributed by atoms with E-state index in [2.05, 4.69) is 15.9 Å². The van der Waals surface area contributed by atoms with Gasteiger partial charge in [0.1, 0.15) is 29.8 Å². The van der Waals surface area contributed by atoms with E-state index in [0.717, 1.165) is 12.1 Å². The van der Waals surface area contributed by atoms with Gasteiger partial charge in [-0.1, -0.05) is 15.9 Å². The fourth-order valence-electron chi connectivity index (χ4n) is 1.59. The van der Waals surface area contributed by atoms with Crippen molar-refractivity contribution in [3.8, 4) is 5.75 Å². The van der Waals surface area contributed by atoms with Crippen LogP contribution in [0, 0.1) is 17.5 Å². The van der Waals surface area contributed by atoms with Crippen molar-refractivity contribution in [2.45, 2.75) is 11.9 Å². The number of alkyl halides is 1. The summed E-state index contributed by atoms with van der Waals surface area (Å²) in [5, 5.41) is 0.423. The standard InChI is InChI=1S/C14H10BrF3O/c15-7-10-5-11(16)3-4-14(10)19-8-9-1-2-12(17)6-13(9)18/h1-6H,7-8H2. The Balaban J connectivity index is 2.14. The predicted molar refractivity (Wildman–Crippen MR) is 69.7 cm³/mol. The molecule has 0 unspecified atom stereocenters. The third-order valence-electron chi connectivity index (χ3n) is 2.56. The van der Waals surface area contributed by atoms with E-state index in [1.54, 1.807) is 0 Å². The van der Waals surface area contributed by atoms with Gasteiger partial charge in [-0.2, -0.15) is 0 Å². The lowest BCUT2D eigenvalue weighted by Gasteiger charge is -2.10. The van der Waals surface area contributed by atoms with Crippen molar-refractivity contribution in [3.63, 3.8) is 0 Å². The highest BCUT2D eigenvalue weighted by Crippen LogP contribution is 2.23. The summed E-state index contributed by atoms with van der Waals surface area (Å²) >= 11 is 3.22. The van der Waals surface area contributed by atoms with Crippen LogP contribution >= 0.6 is 15.9 Å². The molecule has 100 valence electrons. The SMILES string of the molecule is Fc1ccc(COc2ccc(F)cc2CBr)c(F)c1. The highest BCUT2D eigenvalue weighted by atomic mass is 79.9. The summed E-state index contributed by atoms with van der Waals surface area (Å²) in [6.07, 6.45) is 0. The molecule has 0 aromatic heterocycles. The summed E-state index contributed by atoms with van der Waals surface area (Å²) in [4.78, 5) is 0. The first-order valence-corrected chi connectivity index (χ1v) is 6.63. The molecular weight excluding hydrogens is 321 g/mol. The Hall–Kier alpha value is -1.49. The molecule has 0 radical (unpaired) electrons. The van der Waals surface area contributed by atoms with Crippen LogP contribution in [0.2, 0.25) is 0 Å². The highest BCUT2D eigenvalue weighted by molar-refractivity contribution is 9.08. The molecule has 0 aliphatic rings. The van der Waals surface area contributed by atoms with Gasteiger partial charge in [-0.05, 0) is 30.3 Å². The maximum atomic E-state index is 13.4. The first kappa shape index (κ1) is 13.9. The van der Waals surface area contributed by atoms with Crippen molar-refractivity contribution in [3.05, 3.63) is 65.0 Å². The van der Waals surface area contributed by atoms with Crippen LogP contribution in [-0.4, -0.2) is 0 Å². The van der Waals surface area contributed by atoms with Crippen molar-refractivity contribution in [2.24, 2.45) is 0 Å². The molecule has 5 heteroatoms. The minimum atomic E-state index is -0.664. The van der Waals surface area contributed by atoms with Crippen LogP contribution in [0.15, 0.2) is 36.4 Å². The topological polar surface area (TPSA) is 9.23 Å². The monoisotopic (exact) mass is 330 g/mol. The van der Waals surface area contributed by atoms with Crippen LogP contribution in [0.4, 0.5) is 13.2 Å². The normalized spacial score (nSPS) is 10.5. The third-order valence-corrected chi connectivity index (χ3v) is 3.17. The molecule has 0 amide bonds. The van der Waals surface area contributed by atoms with Gasteiger partial charge in [0.05, 0.1) is 0 Å². The second-order valence-corrected chi connectivity index (χ2v) is 4.47. The molecule has 0 aliphatic heterocycles. The Morgan fingerprint density at radius 1 is 0.895 bits per heavy atom. The quantitative estimate of drug-likeness (QED) is 0.746. The van der Waals surface area contributed by atoms with Crippen LogP contribution in [-0.2, 0) is 11.9 Å². The predicted octanol–water partition coefficient (Wildman–Crippen LogP) is 4.58. The minimum absolute atomic E-state index is 0.0439. The summed E-state index contributed by atoms with van der Waals surface area (Å²) in [7, 11) is 0. The Kier molecular flexibility index (Phi) is 4.47. The summed E-state index contributed by atoms with van der Waals surface area (Å²) in [6.45, 7) is -0.0439. The van der Waals surface area contributed by atoms with Crippen LogP contribution < -0.4 is 4.74 Å². The lowest BCUT2D eigenvalue weighted by Crippen LogP contribution is -2.01. The van der Waals surface area contributed by atoms with Gasteiger partial charge in [-0.3, -0.25) is 0 Å². The van der Waals surface area contributed by atoms with Crippen molar-refractivity contribution < 1.29 is 17.9 Å². The van der Waals surface area contributed by atoms with Crippen molar-refractivity contribution in [2.75, 3.05) is 0 Å². The zero-order valence-corrected chi connectivity index (χ0v) is 11.4. The Labute approximate surface area is 117 Å². The second-order valence-electron chi connectivity index (χ2n) is 3.91. The Morgan fingerprint density at radius 2 is 1.58 bits per heavy atom. The summed E-state index contributed by atoms with van der Waals surface area (Å²) in [6, 6.07) is 7.37. The van der Waals surface area contributed by atoms with Crippen LogP contribution in [0.1, 0.15) is 11.1 Å². The molecular formula is C14H10BrF3O. The largest absolute Gasteiger partial charge is 0.488 e. The van der Waals surface area contributed by atoms with Gasteiger partial charge in [0.25, 0.3) is 0 Å². The van der Waals surface area contributed by atoms with Crippen LogP contribution in [0.3, 0.4) is 0 Å². The van der Waals surface area contributed by atoms with E-state index in [0.29, 0.717) is 16.6 Å². The molecule has 19 heavy (non-hydrogen) atoms. The van der Waals surface area contributed by atoms with Gasteiger partial charge in [0.2, 0.25) is 0 Å². The number of hydrogen-bond acceptors (Lipinski definition) is 1. The number of benzene rings is 2. The van der Waals surface area contributed by atoms with E-state index in [4.69, 9.17) is 4.74 Å². The molecule has 2 rings (SSSR count). The zero-order valence-electron chi connectivity index (χ0n) is 9.80. The maximum absolute atomic E-state index is 13.4. The number of halogens is 4. The van der Waals surface area contributed by atoms with Crippen molar-refractivity contribution in [1.82, 2.24) is 0 Å². The third kappa shape index (κ3) is 3.50. The minimum Gasteiger partial charge on any atom is -0.488 e. The fourth-order valence-corrected chi connectivity index (χ4v) is 2.03. The lowest BCUT2D eigenvalue weighted by atomic mass is 10.2. The first-order chi connectivity index (χ1) is 9.10. The van der Waals surface area contributed by atoms with E-state index in [1.807, 2.05) is 0 Å². The van der Waals surface area contributed by atoms with Gasteiger partial charge < -0.3 is 4.74 Å². The maximum Gasteiger partial charge on any atom is 0.132 e. The van der Waals surface area contributed by atoms with Gasteiger partial charge in [-0.15, -0.1) is 0 Å². The highest BCUT2D eigenvalue weighted by Gasteiger charge is 2.08. The van der Waals surface area contributed by atoms with Gasteiger partial charge >= 0.3 is 0 Å². The molecule has 0 saturated carbocycles. The van der Waals surface area contributed by atoms with Crippen molar-refractivity contribution in [1.29, 1.82) is 0 Å². The van der Waals surface area contributed by atoms with Crippen LogP contribution in [0.25, 0.3) is 0 Å². The van der Waals surface area contributed by atoms with E-state index in [-0.39, 0.29) is 18.0 Å². The second kappa shape index (κ2) is 6.10. The molecule has 0 aliphatic carbocycles. The smallest absolute Gasteiger partial charge is 0.132 e. The average molecular weight is 331 g/mol. The molecule has 2 aromatic rings. The molecule has 0 bridgehead atoms. The Morgan fingerprint density at radius 3 is 2.26 bits per heavy atom. The van der Waals surface area contributed by atoms with Crippen molar-refractivity contribution >= 4 is 15.9 Å². The summed E-state index contributed by atoms with van der Waals surface area (Å²) in [5.41, 5.74) is 0.869. The van der Waals surface area contributed by atoms with Crippen LogP contribution in [0.5, 0.6) is 5.75 Å². The van der Waals surface area contributed by atoms with E-state index < -0.39 is 11.6 Å². The zero-order chi connectivity index (χ0) is 13.8. The molecule has 0 atom stereocenters.